The molecule has 0 unspecified atom stereocenters. The lowest BCUT2D eigenvalue weighted by Crippen LogP contribution is -2.38. The molecule has 2 aliphatic rings. The Balaban J connectivity index is 1.53. The molecule has 3 rings (SSSR count). The number of carbonyl (C=O) groups is 1. The first-order chi connectivity index (χ1) is 10.7. The van der Waals surface area contributed by atoms with Crippen LogP contribution in [0.4, 0.5) is 14.9 Å². The highest BCUT2D eigenvalue weighted by Gasteiger charge is 2.29. The van der Waals surface area contributed by atoms with Crippen molar-refractivity contribution in [3.05, 3.63) is 30.1 Å². The van der Waals surface area contributed by atoms with E-state index in [0.29, 0.717) is 6.54 Å². The molecule has 4 nitrogen and oxygen atoms in total. The van der Waals surface area contributed by atoms with Gasteiger partial charge in [-0.3, -0.25) is 4.90 Å². The van der Waals surface area contributed by atoms with Crippen molar-refractivity contribution in [3.63, 3.8) is 0 Å². The summed E-state index contributed by atoms with van der Waals surface area (Å²) in [4.78, 5) is 18.6. The van der Waals surface area contributed by atoms with Crippen LogP contribution in [0, 0.1) is 5.82 Å². The standard InChI is InChI=1S/C17H24FN3O/c18-15-5-7-16(8-6-15)21-14-13-20(17(21)22)12-11-19-9-3-1-2-4-10-19/h5-8H,1-4,9-14H2. The van der Waals surface area contributed by atoms with Crippen LogP contribution in [0.15, 0.2) is 24.3 Å². The first-order valence-corrected chi connectivity index (χ1v) is 8.28. The number of hydrogen-bond acceptors (Lipinski definition) is 2. The molecule has 0 bridgehead atoms. The summed E-state index contributed by atoms with van der Waals surface area (Å²) in [6, 6.07) is 6.20. The largest absolute Gasteiger partial charge is 0.324 e. The second kappa shape index (κ2) is 7.09. The van der Waals surface area contributed by atoms with Crippen molar-refractivity contribution in [2.45, 2.75) is 25.7 Å². The van der Waals surface area contributed by atoms with E-state index in [1.54, 1.807) is 17.0 Å². The maximum absolute atomic E-state index is 13.0. The number of anilines is 1. The number of hydrogen-bond donors (Lipinski definition) is 0. The number of likely N-dealkylation sites (tertiary alicyclic amines) is 1. The lowest BCUT2D eigenvalue weighted by molar-refractivity contribution is 0.205. The molecule has 2 saturated heterocycles. The van der Waals surface area contributed by atoms with E-state index >= 15 is 0 Å². The topological polar surface area (TPSA) is 26.8 Å². The molecule has 0 aromatic heterocycles. The zero-order valence-electron chi connectivity index (χ0n) is 13.0. The molecule has 0 radical (unpaired) electrons. The van der Waals surface area contributed by atoms with Crippen LogP contribution in [0.25, 0.3) is 0 Å². The van der Waals surface area contributed by atoms with Crippen molar-refractivity contribution in [2.24, 2.45) is 0 Å². The molecule has 1 aromatic rings. The Kier molecular flexibility index (Phi) is 4.93. The van der Waals surface area contributed by atoms with Gasteiger partial charge in [0.2, 0.25) is 0 Å². The van der Waals surface area contributed by atoms with E-state index in [-0.39, 0.29) is 11.8 Å². The van der Waals surface area contributed by atoms with E-state index in [4.69, 9.17) is 0 Å². The second-order valence-electron chi connectivity index (χ2n) is 6.15. The minimum absolute atomic E-state index is 0.0430. The van der Waals surface area contributed by atoms with E-state index < -0.39 is 0 Å². The van der Waals surface area contributed by atoms with Crippen LogP contribution in [-0.4, -0.2) is 55.1 Å². The van der Waals surface area contributed by atoms with Gasteiger partial charge in [-0.25, -0.2) is 9.18 Å². The Morgan fingerprint density at radius 3 is 2.23 bits per heavy atom. The third-order valence-corrected chi connectivity index (χ3v) is 4.62. The minimum atomic E-state index is -0.270. The molecular formula is C17H24FN3O. The van der Waals surface area contributed by atoms with Gasteiger partial charge in [0.15, 0.2) is 0 Å². The molecule has 22 heavy (non-hydrogen) atoms. The van der Waals surface area contributed by atoms with Crippen LogP contribution in [0.2, 0.25) is 0 Å². The molecule has 2 fully saturated rings. The molecule has 5 heteroatoms. The van der Waals surface area contributed by atoms with Crippen molar-refractivity contribution in [2.75, 3.05) is 44.2 Å². The molecule has 0 atom stereocenters. The lowest BCUT2D eigenvalue weighted by atomic mass is 10.2. The summed E-state index contributed by atoms with van der Waals surface area (Å²) in [7, 11) is 0. The summed E-state index contributed by atoms with van der Waals surface area (Å²) in [6.07, 6.45) is 5.21. The van der Waals surface area contributed by atoms with Gasteiger partial charge in [0, 0.05) is 31.9 Å². The monoisotopic (exact) mass is 305 g/mol. The quantitative estimate of drug-likeness (QED) is 0.855. The van der Waals surface area contributed by atoms with E-state index in [1.165, 1.54) is 37.8 Å². The van der Waals surface area contributed by atoms with Gasteiger partial charge in [0.1, 0.15) is 5.82 Å². The van der Waals surface area contributed by atoms with Crippen molar-refractivity contribution < 1.29 is 9.18 Å². The van der Waals surface area contributed by atoms with Gasteiger partial charge >= 0.3 is 6.03 Å². The molecular weight excluding hydrogens is 281 g/mol. The normalized spacial score (nSPS) is 20.5. The second-order valence-corrected chi connectivity index (χ2v) is 6.15. The van der Waals surface area contributed by atoms with Gasteiger partial charge in [-0.1, -0.05) is 12.8 Å². The van der Waals surface area contributed by atoms with Crippen molar-refractivity contribution in [3.8, 4) is 0 Å². The smallest absolute Gasteiger partial charge is 0.321 e. The number of amides is 2. The maximum atomic E-state index is 13.0. The third kappa shape index (κ3) is 3.58. The van der Waals surface area contributed by atoms with Gasteiger partial charge < -0.3 is 9.80 Å². The van der Waals surface area contributed by atoms with E-state index in [0.717, 1.165) is 38.4 Å². The lowest BCUT2D eigenvalue weighted by Gasteiger charge is -2.24. The van der Waals surface area contributed by atoms with Crippen molar-refractivity contribution in [1.29, 1.82) is 0 Å². The predicted octanol–water partition coefficient (Wildman–Crippen LogP) is 2.94. The SMILES string of the molecule is O=C1N(CCN2CCCCCC2)CCN1c1ccc(F)cc1. The van der Waals surface area contributed by atoms with Gasteiger partial charge in [-0.2, -0.15) is 0 Å². The fourth-order valence-electron chi connectivity index (χ4n) is 3.27. The zero-order chi connectivity index (χ0) is 15.4. The molecule has 0 N–H and O–H groups in total. The molecule has 120 valence electrons. The Morgan fingerprint density at radius 1 is 0.864 bits per heavy atom. The zero-order valence-corrected chi connectivity index (χ0v) is 13.0. The summed E-state index contributed by atoms with van der Waals surface area (Å²) in [5.74, 6) is -0.270. The average Bonchev–Trinajstić information content (AvgIpc) is 2.74. The number of rotatable bonds is 4. The van der Waals surface area contributed by atoms with Crippen LogP contribution >= 0.6 is 0 Å². The average molecular weight is 305 g/mol. The van der Waals surface area contributed by atoms with Gasteiger partial charge in [-0.15, -0.1) is 0 Å². The third-order valence-electron chi connectivity index (χ3n) is 4.62. The highest BCUT2D eigenvalue weighted by Crippen LogP contribution is 2.20. The summed E-state index contributed by atoms with van der Waals surface area (Å²) in [5.41, 5.74) is 0.781. The van der Waals surface area contributed by atoms with Crippen LogP contribution < -0.4 is 4.90 Å². The summed E-state index contributed by atoms with van der Waals surface area (Å²) >= 11 is 0. The van der Waals surface area contributed by atoms with Gasteiger partial charge in [-0.05, 0) is 50.2 Å². The molecule has 0 aliphatic carbocycles. The number of halogens is 1. The summed E-state index contributed by atoms with van der Waals surface area (Å²) in [5, 5.41) is 0. The van der Waals surface area contributed by atoms with Crippen molar-refractivity contribution >= 4 is 11.7 Å². The Hall–Kier alpha value is -1.62. The van der Waals surface area contributed by atoms with Gasteiger partial charge in [0.25, 0.3) is 0 Å². The number of urea groups is 1. The highest BCUT2D eigenvalue weighted by atomic mass is 19.1. The van der Waals surface area contributed by atoms with E-state index in [9.17, 15) is 9.18 Å². The minimum Gasteiger partial charge on any atom is -0.321 e. The van der Waals surface area contributed by atoms with Crippen LogP contribution in [0.3, 0.4) is 0 Å². The van der Waals surface area contributed by atoms with E-state index in [2.05, 4.69) is 4.90 Å². The summed E-state index contributed by atoms with van der Waals surface area (Å²) < 4.78 is 13.0. The molecule has 2 heterocycles. The highest BCUT2D eigenvalue weighted by molar-refractivity contribution is 5.94. The predicted molar refractivity (Wildman–Crippen MR) is 85.6 cm³/mol. The first kappa shape index (κ1) is 15.3. The molecule has 0 saturated carbocycles. The summed E-state index contributed by atoms with van der Waals surface area (Å²) in [6.45, 7) is 5.50. The van der Waals surface area contributed by atoms with Crippen LogP contribution in [-0.2, 0) is 0 Å². The molecule has 0 spiro atoms. The fourth-order valence-corrected chi connectivity index (χ4v) is 3.27. The Morgan fingerprint density at radius 2 is 1.55 bits per heavy atom. The Bertz CT molecular complexity index is 497. The molecule has 2 aliphatic heterocycles. The molecule has 1 aromatic carbocycles. The number of benzene rings is 1. The fraction of sp³-hybridized carbons (Fsp3) is 0.588. The molecule has 2 amide bonds. The Labute approximate surface area is 131 Å². The first-order valence-electron chi connectivity index (χ1n) is 8.28. The van der Waals surface area contributed by atoms with Crippen LogP contribution in [0.1, 0.15) is 25.7 Å². The number of nitrogens with zero attached hydrogens (tertiary/aromatic N) is 3. The van der Waals surface area contributed by atoms with E-state index in [1.807, 2.05) is 4.90 Å². The number of carbonyl (C=O) groups excluding carboxylic acids is 1. The van der Waals surface area contributed by atoms with Crippen molar-refractivity contribution in [1.82, 2.24) is 9.80 Å². The van der Waals surface area contributed by atoms with Crippen LogP contribution in [0.5, 0.6) is 0 Å². The van der Waals surface area contributed by atoms with Gasteiger partial charge in [0.05, 0.1) is 0 Å². The maximum Gasteiger partial charge on any atom is 0.324 e.